The van der Waals surface area contributed by atoms with E-state index in [0.29, 0.717) is 6.04 Å². The third-order valence-electron chi connectivity index (χ3n) is 4.36. The van der Waals surface area contributed by atoms with Crippen molar-refractivity contribution in [1.82, 2.24) is 10.2 Å². The molecular formula is C16H24ClN3O. The molecule has 0 aliphatic carbocycles. The Bertz CT molecular complexity index is 426. The van der Waals surface area contributed by atoms with E-state index in [1.807, 2.05) is 12.1 Å². The second-order valence-electron chi connectivity index (χ2n) is 5.82. The average molecular weight is 310 g/mol. The lowest BCUT2D eigenvalue weighted by molar-refractivity contribution is 0.0696. The Labute approximate surface area is 132 Å². The molecule has 21 heavy (non-hydrogen) atoms. The van der Waals surface area contributed by atoms with Crippen molar-refractivity contribution in [3.05, 3.63) is 29.3 Å². The van der Waals surface area contributed by atoms with Crippen LogP contribution in [0.4, 0.5) is 5.69 Å². The number of nitrogens with zero attached hydrogens (tertiary/aromatic N) is 2. The van der Waals surface area contributed by atoms with Crippen LogP contribution >= 0.6 is 11.6 Å². The van der Waals surface area contributed by atoms with Crippen LogP contribution in [0.1, 0.15) is 6.42 Å². The summed E-state index contributed by atoms with van der Waals surface area (Å²) in [5, 5.41) is 4.33. The molecule has 5 heteroatoms. The van der Waals surface area contributed by atoms with Gasteiger partial charge in [0.25, 0.3) is 0 Å². The molecule has 0 radical (unpaired) electrons. The van der Waals surface area contributed by atoms with E-state index in [-0.39, 0.29) is 0 Å². The molecule has 2 aliphatic heterocycles. The quantitative estimate of drug-likeness (QED) is 0.918. The van der Waals surface area contributed by atoms with Gasteiger partial charge in [0.2, 0.25) is 0 Å². The summed E-state index contributed by atoms with van der Waals surface area (Å²) in [5.74, 6) is 0. The minimum atomic E-state index is 0.535. The third-order valence-corrected chi connectivity index (χ3v) is 4.61. The molecular weight excluding hydrogens is 286 g/mol. The van der Waals surface area contributed by atoms with Gasteiger partial charge in [-0.2, -0.15) is 0 Å². The Morgan fingerprint density at radius 2 is 1.90 bits per heavy atom. The highest BCUT2D eigenvalue weighted by molar-refractivity contribution is 6.30. The van der Waals surface area contributed by atoms with Gasteiger partial charge in [0.05, 0.1) is 13.2 Å². The van der Waals surface area contributed by atoms with Gasteiger partial charge in [-0.05, 0) is 37.2 Å². The number of hydrogen-bond acceptors (Lipinski definition) is 4. The maximum atomic E-state index is 5.95. The molecule has 1 N–H and O–H groups in total. The van der Waals surface area contributed by atoms with Crippen molar-refractivity contribution in [1.29, 1.82) is 0 Å². The first kappa shape index (κ1) is 15.1. The van der Waals surface area contributed by atoms with E-state index >= 15 is 0 Å². The van der Waals surface area contributed by atoms with Crippen LogP contribution in [0, 0.1) is 0 Å². The van der Waals surface area contributed by atoms with E-state index in [4.69, 9.17) is 16.3 Å². The number of rotatable bonds is 4. The van der Waals surface area contributed by atoms with E-state index in [1.54, 1.807) is 0 Å². The Kier molecular flexibility index (Phi) is 5.36. The largest absolute Gasteiger partial charge is 0.379 e. The molecule has 2 heterocycles. The number of halogens is 1. The number of morpholine rings is 1. The molecule has 0 aromatic heterocycles. The molecule has 2 fully saturated rings. The molecule has 0 bridgehead atoms. The van der Waals surface area contributed by atoms with Gasteiger partial charge in [0.15, 0.2) is 0 Å². The summed E-state index contributed by atoms with van der Waals surface area (Å²) in [6.07, 6.45) is 1.18. The summed E-state index contributed by atoms with van der Waals surface area (Å²) < 4.78 is 5.51. The van der Waals surface area contributed by atoms with Gasteiger partial charge >= 0.3 is 0 Å². The summed E-state index contributed by atoms with van der Waals surface area (Å²) in [4.78, 5) is 5.00. The second kappa shape index (κ2) is 7.45. The predicted molar refractivity (Wildman–Crippen MR) is 87.3 cm³/mol. The molecule has 2 aliphatic rings. The molecule has 0 spiro atoms. The zero-order chi connectivity index (χ0) is 14.5. The van der Waals surface area contributed by atoms with Crippen LogP contribution in [0.15, 0.2) is 24.3 Å². The highest BCUT2D eigenvalue weighted by Crippen LogP contribution is 2.19. The van der Waals surface area contributed by atoms with E-state index in [0.717, 1.165) is 57.5 Å². The van der Waals surface area contributed by atoms with Gasteiger partial charge in [0.1, 0.15) is 0 Å². The van der Waals surface area contributed by atoms with Gasteiger partial charge in [0, 0.05) is 49.5 Å². The molecule has 1 aromatic carbocycles. The van der Waals surface area contributed by atoms with Crippen LogP contribution < -0.4 is 10.2 Å². The summed E-state index contributed by atoms with van der Waals surface area (Å²) in [6, 6.07) is 8.70. The average Bonchev–Trinajstić information content (AvgIpc) is 2.55. The summed E-state index contributed by atoms with van der Waals surface area (Å²) in [7, 11) is 0. The lowest BCUT2D eigenvalue weighted by Gasteiger charge is -2.37. The number of nitrogens with one attached hydrogen (secondary N) is 1. The Balaban J connectivity index is 1.41. The smallest absolute Gasteiger partial charge is 0.0620 e. The van der Waals surface area contributed by atoms with E-state index in [9.17, 15) is 0 Å². The number of anilines is 1. The van der Waals surface area contributed by atoms with Crippen LogP contribution in [-0.4, -0.2) is 63.4 Å². The van der Waals surface area contributed by atoms with Crippen molar-refractivity contribution < 1.29 is 4.74 Å². The van der Waals surface area contributed by atoms with Crippen LogP contribution in [0.5, 0.6) is 0 Å². The Morgan fingerprint density at radius 3 is 2.57 bits per heavy atom. The highest BCUT2D eigenvalue weighted by Gasteiger charge is 2.19. The van der Waals surface area contributed by atoms with Crippen molar-refractivity contribution in [3.8, 4) is 0 Å². The van der Waals surface area contributed by atoms with E-state index in [1.165, 1.54) is 12.1 Å². The molecule has 0 saturated carbocycles. The molecule has 1 atom stereocenters. The standard InChI is InChI=1S/C16H24ClN3O/c17-14-1-3-16(4-2-14)20-10-8-19(9-11-20)7-5-15-13-21-12-6-18-15/h1-4,15,18H,5-13H2. The first-order valence-electron chi connectivity index (χ1n) is 7.85. The molecule has 116 valence electrons. The maximum Gasteiger partial charge on any atom is 0.0620 e. The van der Waals surface area contributed by atoms with Gasteiger partial charge in [-0.15, -0.1) is 0 Å². The topological polar surface area (TPSA) is 27.7 Å². The minimum Gasteiger partial charge on any atom is -0.379 e. The van der Waals surface area contributed by atoms with Gasteiger partial charge < -0.3 is 15.0 Å². The van der Waals surface area contributed by atoms with Crippen molar-refractivity contribution in [2.45, 2.75) is 12.5 Å². The Morgan fingerprint density at radius 1 is 1.14 bits per heavy atom. The van der Waals surface area contributed by atoms with Gasteiger partial charge in [-0.25, -0.2) is 0 Å². The van der Waals surface area contributed by atoms with Crippen LogP contribution in [0.25, 0.3) is 0 Å². The summed E-state index contributed by atoms with van der Waals surface area (Å²) in [6.45, 7) is 8.34. The number of ether oxygens (including phenoxy) is 1. The lowest BCUT2D eigenvalue weighted by Crippen LogP contribution is -2.49. The fourth-order valence-electron chi connectivity index (χ4n) is 3.03. The van der Waals surface area contributed by atoms with Gasteiger partial charge in [-0.1, -0.05) is 11.6 Å². The molecule has 2 saturated heterocycles. The SMILES string of the molecule is Clc1ccc(N2CCN(CCC3COCCN3)CC2)cc1. The van der Waals surface area contributed by atoms with Crippen LogP contribution in [0.2, 0.25) is 5.02 Å². The van der Waals surface area contributed by atoms with Crippen LogP contribution in [0.3, 0.4) is 0 Å². The first-order valence-corrected chi connectivity index (χ1v) is 8.23. The number of piperazine rings is 1. The fourth-order valence-corrected chi connectivity index (χ4v) is 3.15. The highest BCUT2D eigenvalue weighted by atomic mass is 35.5. The molecule has 4 nitrogen and oxygen atoms in total. The molecule has 1 unspecified atom stereocenters. The van der Waals surface area contributed by atoms with Crippen LogP contribution in [-0.2, 0) is 4.74 Å². The van der Waals surface area contributed by atoms with Crippen molar-refractivity contribution >= 4 is 17.3 Å². The molecule has 0 amide bonds. The zero-order valence-corrected chi connectivity index (χ0v) is 13.2. The molecule has 3 rings (SSSR count). The maximum absolute atomic E-state index is 5.95. The predicted octanol–water partition coefficient (Wildman–Crippen LogP) is 1.84. The minimum absolute atomic E-state index is 0.535. The second-order valence-corrected chi connectivity index (χ2v) is 6.26. The molecule has 1 aromatic rings. The normalized spacial score (nSPS) is 24.2. The Hall–Kier alpha value is -0.810. The van der Waals surface area contributed by atoms with E-state index in [2.05, 4.69) is 27.2 Å². The summed E-state index contributed by atoms with van der Waals surface area (Å²) >= 11 is 5.95. The third kappa shape index (κ3) is 4.33. The zero-order valence-electron chi connectivity index (χ0n) is 12.4. The first-order chi connectivity index (χ1) is 10.3. The summed E-state index contributed by atoms with van der Waals surface area (Å²) in [5.41, 5.74) is 1.28. The number of benzene rings is 1. The van der Waals surface area contributed by atoms with Crippen molar-refractivity contribution in [2.75, 3.05) is 57.4 Å². The fraction of sp³-hybridized carbons (Fsp3) is 0.625. The van der Waals surface area contributed by atoms with Crippen molar-refractivity contribution in [2.24, 2.45) is 0 Å². The number of hydrogen-bond donors (Lipinski definition) is 1. The van der Waals surface area contributed by atoms with Gasteiger partial charge in [-0.3, -0.25) is 4.90 Å². The van der Waals surface area contributed by atoms with E-state index < -0.39 is 0 Å². The monoisotopic (exact) mass is 309 g/mol. The lowest BCUT2D eigenvalue weighted by atomic mass is 10.1. The van der Waals surface area contributed by atoms with Crippen molar-refractivity contribution in [3.63, 3.8) is 0 Å².